The van der Waals surface area contributed by atoms with Gasteiger partial charge in [0.1, 0.15) is 5.75 Å². The predicted molar refractivity (Wildman–Crippen MR) is 217 cm³/mol. The number of piperidine rings is 2. The van der Waals surface area contributed by atoms with E-state index in [4.69, 9.17) is 4.74 Å². The molecule has 11 nitrogen and oxygen atoms in total. The summed E-state index contributed by atoms with van der Waals surface area (Å²) in [4.78, 5) is 63.3. The Kier molecular flexibility index (Phi) is 11.0. The molecule has 3 aromatic heterocycles. The highest BCUT2D eigenvalue weighted by molar-refractivity contribution is 6.10. The van der Waals surface area contributed by atoms with Crippen LogP contribution in [-0.4, -0.2) is 82.1 Å². The number of benzene rings is 2. The zero-order valence-electron chi connectivity index (χ0n) is 33.3. The van der Waals surface area contributed by atoms with E-state index in [0.717, 1.165) is 43.5 Å². The van der Waals surface area contributed by atoms with E-state index in [0.29, 0.717) is 76.2 Å². The topological polar surface area (TPSA) is 127 Å². The molecule has 1 N–H and O–H groups in total. The van der Waals surface area contributed by atoms with Crippen molar-refractivity contribution in [1.29, 1.82) is 0 Å². The molecule has 0 radical (unpaired) electrons. The number of ether oxygens (including phenoxy) is 1. The number of pyridine rings is 2. The lowest BCUT2D eigenvalue weighted by molar-refractivity contribution is -0.137. The summed E-state index contributed by atoms with van der Waals surface area (Å²) >= 11 is 0. The van der Waals surface area contributed by atoms with E-state index in [1.165, 1.54) is 19.2 Å². The van der Waals surface area contributed by atoms with Crippen molar-refractivity contribution in [2.24, 2.45) is 23.2 Å². The van der Waals surface area contributed by atoms with E-state index in [2.05, 4.69) is 20.2 Å². The zero-order chi connectivity index (χ0) is 41.6. The highest BCUT2D eigenvalue weighted by Gasteiger charge is 2.46. The Morgan fingerprint density at radius 1 is 0.966 bits per heavy atom. The molecule has 0 saturated carbocycles. The number of Topliss-reactive ketones (excluding diaryl/α,β-unsaturated/α-hetero) is 2. The van der Waals surface area contributed by atoms with E-state index in [-0.39, 0.29) is 46.7 Å². The van der Waals surface area contributed by atoms with E-state index >= 15 is 4.39 Å². The molecule has 3 fully saturated rings. The Bertz CT molecular complexity index is 2460. The van der Waals surface area contributed by atoms with Crippen molar-refractivity contribution in [1.82, 2.24) is 24.8 Å². The fourth-order valence-corrected chi connectivity index (χ4v) is 9.45. The Hall–Kier alpha value is -5.63. The van der Waals surface area contributed by atoms with Crippen molar-refractivity contribution < 1.29 is 37.1 Å². The number of carbonyl (C=O) groups excluding carboxylic acids is 4. The van der Waals surface area contributed by atoms with Gasteiger partial charge in [0.2, 0.25) is 11.8 Å². The van der Waals surface area contributed by atoms with E-state index in [1.807, 2.05) is 11.8 Å². The molecule has 3 aliphatic heterocycles. The molecule has 3 aliphatic rings. The number of ketones is 2. The smallest absolute Gasteiger partial charge is 0.319 e. The maximum atomic E-state index is 15.8. The number of halogens is 3. The molecule has 2 amide bonds. The normalized spacial score (nSPS) is 19.2. The van der Waals surface area contributed by atoms with Crippen LogP contribution in [0.5, 0.6) is 5.75 Å². The van der Waals surface area contributed by atoms with Gasteiger partial charge in [0, 0.05) is 102 Å². The first kappa shape index (κ1) is 40.2. The van der Waals surface area contributed by atoms with Crippen LogP contribution in [0, 0.1) is 29.0 Å². The fourth-order valence-electron chi connectivity index (χ4n) is 9.45. The van der Waals surface area contributed by atoms with Crippen LogP contribution in [0.25, 0.3) is 32.9 Å². The van der Waals surface area contributed by atoms with Crippen molar-refractivity contribution in [3.63, 3.8) is 0 Å². The number of anilines is 1. The standard InChI is InChI=1S/C45H47F3N6O5/c1-26(32-10-11-40(56)51-43(32)58)27(2)41(57)34-9-7-31(20-35(34)28(3)55)59-17-5-15-52-23-45(24-52)13-4-16-53(25-45)42-37(46)18-30(21-50-42)29-6-8-33-36-22-49-14-12-38(36)54(44(47)48)39(33)19-29/h6-9,12,14,18-22,26-27,32,44H,4-5,10-11,13,15-17,23-25H2,1-3H3,(H,51,56,58). The molecule has 8 rings (SSSR count). The quantitative estimate of drug-likeness (QED) is 0.0719. The number of fused-ring (bicyclic) bond motifs is 3. The van der Waals surface area contributed by atoms with Crippen molar-refractivity contribution in [2.75, 3.05) is 44.2 Å². The molecule has 308 valence electrons. The first-order valence-electron chi connectivity index (χ1n) is 20.3. The highest BCUT2D eigenvalue weighted by Crippen LogP contribution is 2.41. The van der Waals surface area contributed by atoms with Crippen LogP contribution < -0.4 is 15.0 Å². The SMILES string of the molecule is CC(=O)c1cc(OCCCN2CC3(CCCN(c4ncc(-c5ccc6c7cnccc7n(C(F)F)c6c5)cc4F)C3)C2)ccc1C(=O)C(C)C(C)C1CCC(=O)NC1=O. The van der Waals surface area contributed by atoms with Crippen LogP contribution in [0.1, 0.15) is 80.1 Å². The van der Waals surface area contributed by atoms with Crippen LogP contribution in [0.3, 0.4) is 0 Å². The fraction of sp³-hybridized carbons (Fsp3) is 0.422. The first-order chi connectivity index (χ1) is 28.3. The number of imide groups is 1. The lowest BCUT2D eigenvalue weighted by atomic mass is 9.73. The summed E-state index contributed by atoms with van der Waals surface area (Å²) in [6.45, 7) is 6.59. The molecular weight excluding hydrogens is 762 g/mol. The van der Waals surface area contributed by atoms with Gasteiger partial charge in [0.05, 0.1) is 17.6 Å². The molecule has 59 heavy (non-hydrogen) atoms. The molecule has 0 bridgehead atoms. The van der Waals surface area contributed by atoms with Gasteiger partial charge in [-0.3, -0.25) is 34.0 Å². The van der Waals surface area contributed by atoms with Gasteiger partial charge in [-0.2, -0.15) is 8.78 Å². The maximum absolute atomic E-state index is 15.8. The lowest BCUT2D eigenvalue weighted by Crippen LogP contribution is -2.63. The number of nitrogens with zero attached hydrogens (tertiary/aromatic N) is 5. The molecule has 6 heterocycles. The molecule has 14 heteroatoms. The second-order valence-electron chi connectivity index (χ2n) is 16.6. The number of likely N-dealkylation sites (tertiary alicyclic amines) is 1. The maximum Gasteiger partial charge on any atom is 0.319 e. The lowest BCUT2D eigenvalue weighted by Gasteiger charge is -2.55. The van der Waals surface area contributed by atoms with E-state index in [9.17, 15) is 28.0 Å². The summed E-state index contributed by atoms with van der Waals surface area (Å²) in [5.74, 6) is -2.13. The molecule has 2 aromatic carbocycles. The number of alkyl halides is 2. The molecular formula is C45H47F3N6O5. The largest absolute Gasteiger partial charge is 0.494 e. The minimum Gasteiger partial charge on any atom is -0.494 e. The van der Waals surface area contributed by atoms with Crippen LogP contribution in [0.2, 0.25) is 0 Å². The van der Waals surface area contributed by atoms with Crippen LogP contribution in [0.15, 0.2) is 67.1 Å². The summed E-state index contributed by atoms with van der Waals surface area (Å²) in [5.41, 5.74) is 2.43. The monoisotopic (exact) mass is 808 g/mol. The number of rotatable bonds is 13. The third kappa shape index (κ3) is 7.82. The second kappa shape index (κ2) is 16.2. The van der Waals surface area contributed by atoms with Gasteiger partial charge in [-0.1, -0.05) is 26.0 Å². The number of carbonyl (C=O) groups is 4. The van der Waals surface area contributed by atoms with Crippen LogP contribution in [0.4, 0.5) is 19.0 Å². The van der Waals surface area contributed by atoms with Crippen molar-refractivity contribution in [3.8, 4) is 16.9 Å². The molecule has 3 unspecified atom stereocenters. The van der Waals surface area contributed by atoms with Crippen molar-refractivity contribution in [3.05, 3.63) is 84.1 Å². The Morgan fingerprint density at radius 2 is 1.78 bits per heavy atom. The average molecular weight is 809 g/mol. The number of amides is 2. The van der Waals surface area contributed by atoms with E-state index in [1.54, 1.807) is 61.8 Å². The molecule has 3 atom stereocenters. The summed E-state index contributed by atoms with van der Waals surface area (Å²) in [6.07, 6.45) is 8.00. The Balaban J connectivity index is 0.844. The average Bonchev–Trinajstić information content (AvgIpc) is 3.55. The van der Waals surface area contributed by atoms with Crippen molar-refractivity contribution in [2.45, 2.75) is 59.4 Å². The van der Waals surface area contributed by atoms with Gasteiger partial charge >= 0.3 is 6.55 Å². The predicted octanol–water partition coefficient (Wildman–Crippen LogP) is 7.87. The van der Waals surface area contributed by atoms with Gasteiger partial charge in [-0.25, -0.2) is 9.37 Å². The second-order valence-corrected chi connectivity index (χ2v) is 16.6. The number of aromatic nitrogens is 3. The Morgan fingerprint density at radius 3 is 2.53 bits per heavy atom. The zero-order valence-corrected chi connectivity index (χ0v) is 33.3. The molecule has 5 aromatic rings. The summed E-state index contributed by atoms with van der Waals surface area (Å²) in [7, 11) is 0. The summed E-state index contributed by atoms with van der Waals surface area (Å²) in [6, 6.07) is 13.1. The van der Waals surface area contributed by atoms with Gasteiger partial charge in [0.15, 0.2) is 23.2 Å². The molecule has 1 spiro atoms. The minimum absolute atomic E-state index is 0.0279. The Labute approximate surface area is 339 Å². The van der Waals surface area contributed by atoms with E-state index < -0.39 is 24.2 Å². The van der Waals surface area contributed by atoms with Crippen LogP contribution in [-0.2, 0) is 9.59 Å². The number of hydrogen-bond donors (Lipinski definition) is 1. The van der Waals surface area contributed by atoms with Gasteiger partial charge in [-0.05, 0) is 80.5 Å². The third-order valence-electron chi connectivity index (χ3n) is 12.7. The minimum atomic E-state index is -2.75. The van der Waals surface area contributed by atoms with Gasteiger partial charge in [0.25, 0.3) is 0 Å². The summed E-state index contributed by atoms with van der Waals surface area (Å²) < 4.78 is 51.1. The van der Waals surface area contributed by atoms with Crippen LogP contribution >= 0.6 is 0 Å². The van der Waals surface area contributed by atoms with Gasteiger partial charge in [-0.15, -0.1) is 0 Å². The number of hydrogen-bond acceptors (Lipinski definition) is 9. The molecule has 0 aliphatic carbocycles. The molecule has 3 saturated heterocycles. The van der Waals surface area contributed by atoms with Crippen molar-refractivity contribution >= 4 is 51.0 Å². The highest BCUT2D eigenvalue weighted by atomic mass is 19.3. The summed E-state index contributed by atoms with van der Waals surface area (Å²) in [5, 5.41) is 3.64. The first-order valence-corrected chi connectivity index (χ1v) is 20.3. The van der Waals surface area contributed by atoms with Gasteiger partial charge < -0.3 is 14.5 Å². The third-order valence-corrected chi connectivity index (χ3v) is 12.7. The number of nitrogens with one attached hydrogen (secondary N) is 1.